The predicted octanol–water partition coefficient (Wildman–Crippen LogP) is 6.15. The van der Waals surface area contributed by atoms with Crippen molar-refractivity contribution >= 4 is 10.8 Å². The summed E-state index contributed by atoms with van der Waals surface area (Å²) in [4.78, 5) is 0. The number of aryl methyl sites for hydroxylation is 1. The molecular weight excluding hydrogens is 414 g/mol. The number of rotatable bonds is 4. The van der Waals surface area contributed by atoms with E-state index in [0.29, 0.717) is 23.1 Å². The summed E-state index contributed by atoms with van der Waals surface area (Å²) in [6, 6.07) is 25.4. The van der Waals surface area contributed by atoms with E-state index in [0.717, 1.165) is 22.3 Å². The molecule has 0 fully saturated rings. The number of hydrogen-bond acceptors (Lipinski definition) is 4. The Hall–Kier alpha value is -4.38. The summed E-state index contributed by atoms with van der Waals surface area (Å²) >= 11 is 0. The molecule has 33 heavy (non-hydrogen) atoms. The van der Waals surface area contributed by atoms with Gasteiger partial charge in [-0.2, -0.15) is 0 Å². The van der Waals surface area contributed by atoms with Gasteiger partial charge in [0.15, 0.2) is 11.5 Å². The summed E-state index contributed by atoms with van der Waals surface area (Å²) in [5, 5.41) is 43.1. The van der Waals surface area contributed by atoms with Crippen LogP contribution < -0.4 is 0 Å². The van der Waals surface area contributed by atoms with E-state index in [9.17, 15) is 20.4 Å². The highest BCUT2D eigenvalue weighted by Gasteiger charge is 2.25. The van der Waals surface area contributed by atoms with Gasteiger partial charge in [-0.25, -0.2) is 0 Å². The van der Waals surface area contributed by atoms with E-state index < -0.39 is 17.2 Å². The predicted molar refractivity (Wildman–Crippen MR) is 130 cm³/mol. The number of aromatic hydroxyl groups is 4. The molecule has 0 saturated heterocycles. The Labute approximate surface area is 191 Å². The minimum absolute atomic E-state index is 0.0968. The number of phenols is 3. The van der Waals surface area contributed by atoms with Crippen molar-refractivity contribution in [2.24, 2.45) is 0 Å². The molecule has 4 aromatic carbocycles. The molecule has 0 aliphatic heterocycles. The van der Waals surface area contributed by atoms with Crippen molar-refractivity contribution in [1.29, 1.82) is 0 Å². The second-order valence-corrected chi connectivity index (χ2v) is 8.22. The molecule has 1 aromatic heterocycles. The summed E-state index contributed by atoms with van der Waals surface area (Å²) < 4.78 is 1.59. The van der Waals surface area contributed by atoms with Crippen molar-refractivity contribution < 1.29 is 20.4 Å². The molecule has 4 N–H and O–H groups in total. The van der Waals surface area contributed by atoms with E-state index in [-0.39, 0.29) is 11.3 Å². The summed E-state index contributed by atoms with van der Waals surface area (Å²) in [6.07, 6.45) is 1.68. The van der Waals surface area contributed by atoms with Gasteiger partial charge in [0.25, 0.3) is 0 Å². The standard InChI is InChI=1S/C28H23NO4/c1-17-7-9-18(10-8-17)15-29-16-22-23(25(30)27(32)26(31)24(22)28(29)33)21-13-11-20(12-14-21)19-5-3-2-4-6-19/h2-14,16,30-33H,15H2,1H3. The fourth-order valence-corrected chi connectivity index (χ4v) is 4.21. The molecule has 5 aromatic rings. The second kappa shape index (κ2) is 7.95. The topological polar surface area (TPSA) is 85.9 Å². The molecule has 0 amide bonds. The van der Waals surface area contributed by atoms with Crippen molar-refractivity contribution in [3.63, 3.8) is 0 Å². The molecule has 0 aliphatic rings. The lowest BCUT2D eigenvalue weighted by Crippen LogP contribution is -1.97. The van der Waals surface area contributed by atoms with E-state index >= 15 is 0 Å². The van der Waals surface area contributed by atoms with Crippen LogP contribution in [0.2, 0.25) is 0 Å². The van der Waals surface area contributed by atoms with E-state index in [2.05, 4.69) is 0 Å². The van der Waals surface area contributed by atoms with Crippen LogP contribution in [0.1, 0.15) is 11.1 Å². The van der Waals surface area contributed by atoms with Gasteiger partial charge in [-0.1, -0.05) is 84.4 Å². The maximum Gasteiger partial charge on any atom is 0.203 e. The Morgan fingerprint density at radius 3 is 1.91 bits per heavy atom. The Balaban J connectivity index is 1.65. The van der Waals surface area contributed by atoms with Crippen molar-refractivity contribution in [2.45, 2.75) is 13.5 Å². The molecule has 1 heterocycles. The van der Waals surface area contributed by atoms with Crippen molar-refractivity contribution in [3.8, 4) is 45.4 Å². The highest BCUT2D eigenvalue weighted by Crippen LogP contribution is 2.52. The zero-order valence-electron chi connectivity index (χ0n) is 18.0. The Morgan fingerprint density at radius 1 is 0.636 bits per heavy atom. The van der Waals surface area contributed by atoms with Gasteiger partial charge in [-0.3, -0.25) is 0 Å². The highest BCUT2D eigenvalue weighted by atomic mass is 16.3. The van der Waals surface area contributed by atoms with E-state index in [1.807, 2.05) is 85.8 Å². The third-order valence-electron chi connectivity index (χ3n) is 6.00. The SMILES string of the molecule is Cc1ccc(Cn2cc3c(-c4ccc(-c5ccccc5)cc4)c(O)c(O)c(O)c3c2O)cc1. The Morgan fingerprint density at radius 2 is 1.24 bits per heavy atom. The van der Waals surface area contributed by atoms with Crippen molar-refractivity contribution in [1.82, 2.24) is 4.57 Å². The first kappa shape index (κ1) is 20.5. The maximum atomic E-state index is 10.9. The van der Waals surface area contributed by atoms with Gasteiger partial charge < -0.3 is 25.0 Å². The molecule has 0 atom stereocenters. The van der Waals surface area contributed by atoms with Crippen LogP contribution in [0.3, 0.4) is 0 Å². The van der Waals surface area contributed by atoms with Gasteiger partial charge in [0, 0.05) is 17.1 Å². The zero-order valence-corrected chi connectivity index (χ0v) is 18.0. The lowest BCUT2D eigenvalue weighted by Gasteiger charge is -2.11. The van der Waals surface area contributed by atoms with Crippen LogP contribution in [-0.4, -0.2) is 25.0 Å². The van der Waals surface area contributed by atoms with Crippen molar-refractivity contribution in [3.05, 3.63) is 96.2 Å². The van der Waals surface area contributed by atoms with Gasteiger partial charge in [0.1, 0.15) is 0 Å². The molecule has 164 valence electrons. The Bertz CT molecular complexity index is 1450. The largest absolute Gasteiger partial charge is 0.504 e. The normalized spacial score (nSPS) is 11.2. The average Bonchev–Trinajstić information content (AvgIpc) is 3.15. The monoisotopic (exact) mass is 437 g/mol. The van der Waals surface area contributed by atoms with Gasteiger partial charge in [0.2, 0.25) is 11.6 Å². The quantitative estimate of drug-likeness (QED) is 0.254. The van der Waals surface area contributed by atoms with E-state index in [4.69, 9.17) is 0 Å². The average molecular weight is 437 g/mol. The first-order valence-corrected chi connectivity index (χ1v) is 10.6. The summed E-state index contributed by atoms with van der Waals surface area (Å²) in [6.45, 7) is 2.37. The first-order chi connectivity index (χ1) is 15.9. The maximum absolute atomic E-state index is 10.9. The van der Waals surface area contributed by atoms with Gasteiger partial charge in [0.05, 0.1) is 11.9 Å². The van der Waals surface area contributed by atoms with Gasteiger partial charge in [-0.05, 0) is 29.2 Å². The molecule has 0 spiro atoms. The summed E-state index contributed by atoms with van der Waals surface area (Å²) in [5.41, 5.74) is 5.18. The van der Waals surface area contributed by atoms with Crippen molar-refractivity contribution in [2.75, 3.05) is 0 Å². The van der Waals surface area contributed by atoms with Crippen LogP contribution in [-0.2, 0) is 6.54 Å². The number of nitrogens with zero attached hydrogens (tertiary/aromatic N) is 1. The zero-order chi connectivity index (χ0) is 23.1. The van der Waals surface area contributed by atoms with Crippen LogP contribution in [0.4, 0.5) is 0 Å². The molecule has 5 rings (SSSR count). The molecule has 0 saturated carbocycles. The number of fused-ring (bicyclic) bond motifs is 1. The van der Waals surface area contributed by atoms with E-state index in [1.54, 1.807) is 10.8 Å². The third-order valence-corrected chi connectivity index (χ3v) is 6.00. The fourth-order valence-electron chi connectivity index (χ4n) is 4.21. The molecule has 0 bridgehead atoms. The molecule has 5 heteroatoms. The van der Waals surface area contributed by atoms with Gasteiger partial charge >= 0.3 is 0 Å². The van der Waals surface area contributed by atoms with Crippen LogP contribution in [0.15, 0.2) is 85.1 Å². The highest BCUT2D eigenvalue weighted by molar-refractivity contribution is 6.08. The number of phenolic OH excluding ortho intramolecular Hbond substituents is 3. The van der Waals surface area contributed by atoms with E-state index in [1.165, 1.54) is 0 Å². The fraction of sp³-hybridized carbons (Fsp3) is 0.0714. The summed E-state index contributed by atoms with van der Waals surface area (Å²) in [5.74, 6) is -1.82. The number of aromatic nitrogens is 1. The third kappa shape index (κ3) is 3.53. The lowest BCUT2D eigenvalue weighted by atomic mass is 9.96. The second-order valence-electron chi connectivity index (χ2n) is 8.22. The van der Waals surface area contributed by atoms with Crippen LogP contribution in [0, 0.1) is 6.92 Å². The first-order valence-electron chi connectivity index (χ1n) is 10.6. The number of benzene rings is 4. The molecule has 5 nitrogen and oxygen atoms in total. The number of hydrogen-bond donors (Lipinski definition) is 4. The smallest absolute Gasteiger partial charge is 0.203 e. The molecular formula is C28H23NO4. The van der Waals surface area contributed by atoms with Crippen LogP contribution >= 0.6 is 0 Å². The van der Waals surface area contributed by atoms with Gasteiger partial charge in [-0.15, -0.1) is 0 Å². The lowest BCUT2D eigenvalue weighted by molar-refractivity contribution is 0.370. The molecule has 0 radical (unpaired) electrons. The Kier molecular flexibility index (Phi) is 4.94. The van der Waals surface area contributed by atoms with Crippen LogP contribution in [0.5, 0.6) is 23.1 Å². The minimum Gasteiger partial charge on any atom is -0.504 e. The minimum atomic E-state index is -0.659. The molecule has 0 aliphatic carbocycles. The summed E-state index contributed by atoms with van der Waals surface area (Å²) in [7, 11) is 0. The molecule has 0 unspecified atom stereocenters. The van der Waals surface area contributed by atoms with Crippen LogP contribution in [0.25, 0.3) is 33.0 Å².